The van der Waals surface area contributed by atoms with Gasteiger partial charge >= 0.3 is 0 Å². The Morgan fingerprint density at radius 1 is 1.20 bits per heavy atom. The quantitative estimate of drug-likeness (QED) is 0.825. The highest BCUT2D eigenvalue weighted by atomic mass is 16.5. The van der Waals surface area contributed by atoms with E-state index in [1.54, 1.807) is 0 Å². The van der Waals surface area contributed by atoms with E-state index in [1.165, 1.54) is 11.1 Å². The second-order valence-corrected chi connectivity index (χ2v) is 9.08. The number of likely N-dealkylation sites (tertiary alicyclic amines) is 1. The number of rotatable bonds is 2. The standard InChI is InChI=1S/C24H34N4O2/c1-19-18-30-22-9-4-3-7-21(22)8-5-6-10-24(23(29)26-19)11-13-28(14-12-24)17-20-15-25-27(2)16-20/h3-4,7,9,15-16,19H,5-6,8,10-14,17-18H2,1-2H3,(H,26,29)/t19-/m1/s1. The van der Waals surface area contributed by atoms with Crippen LogP contribution in [-0.4, -0.2) is 46.3 Å². The predicted molar refractivity (Wildman–Crippen MR) is 117 cm³/mol. The third-order valence-corrected chi connectivity index (χ3v) is 6.65. The lowest BCUT2D eigenvalue weighted by molar-refractivity contribution is -0.135. The smallest absolute Gasteiger partial charge is 0.226 e. The van der Waals surface area contributed by atoms with E-state index in [2.05, 4.69) is 33.6 Å². The van der Waals surface area contributed by atoms with E-state index in [-0.39, 0.29) is 17.4 Å². The zero-order chi connectivity index (χ0) is 21.0. The first kappa shape index (κ1) is 20.9. The van der Waals surface area contributed by atoms with Crippen LogP contribution in [0.2, 0.25) is 0 Å². The van der Waals surface area contributed by atoms with E-state index in [9.17, 15) is 4.79 Å². The Balaban J connectivity index is 1.42. The first-order valence-corrected chi connectivity index (χ1v) is 11.3. The maximum atomic E-state index is 13.3. The number of fused-ring (bicyclic) bond motifs is 1. The SMILES string of the molecule is C[C@@H]1COc2ccccc2CCCCC2(CCN(Cc3cnn(C)c3)CC2)C(=O)N1. The molecule has 2 aromatic rings. The van der Waals surface area contributed by atoms with Gasteiger partial charge in [0.15, 0.2) is 0 Å². The molecule has 0 unspecified atom stereocenters. The lowest BCUT2D eigenvalue weighted by Crippen LogP contribution is -2.51. The van der Waals surface area contributed by atoms with Crippen LogP contribution in [0.4, 0.5) is 0 Å². The Kier molecular flexibility index (Phi) is 6.42. The number of carbonyl (C=O) groups is 1. The molecule has 2 aliphatic heterocycles. The summed E-state index contributed by atoms with van der Waals surface area (Å²) in [6, 6.07) is 8.29. The number of hydrogen-bond donors (Lipinski definition) is 1. The summed E-state index contributed by atoms with van der Waals surface area (Å²) in [5, 5.41) is 7.54. The van der Waals surface area contributed by atoms with Crippen molar-refractivity contribution in [1.82, 2.24) is 20.0 Å². The maximum absolute atomic E-state index is 13.3. The van der Waals surface area contributed by atoms with Crippen molar-refractivity contribution in [2.75, 3.05) is 19.7 Å². The van der Waals surface area contributed by atoms with Crippen LogP contribution in [0, 0.1) is 5.41 Å². The van der Waals surface area contributed by atoms with Crippen LogP contribution in [0.15, 0.2) is 36.7 Å². The number of aromatic nitrogens is 2. The molecule has 30 heavy (non-hydrogen) atoms. The highest BCUT2D eigenvalue weighted by Crippen LogP contribution is 2.38. The van der Waals surface area contributed by atoms with Gasteiger partial charge in [-0.05, 0) is 63.7 Å². The van der Waals surface area contributed by atoms with Crippen molar-refractivity contribution in [1.29, 1.82) is 0 Å². The van der Waals surface area contributed by atoms with Crippen molar-refractivity contribution < 1.29 is 9.53 Å². The van der Waals surface area contributed by atoms with E-state index in [0.29, 0.717) is 6.61 Å². The highest BCUT2D eigenvalue weighted by Gasteiger charge is 2.41. The summed E-state index contributed by atoms with van der Waals surface area (Å²) in [5.41, 5.74) is 2.26. The normalized spacial score (nSPS) is 23.0. The molecule has 162 valence electrons. The van der Waals surface area contributed by atoms with Crippen molar-refractivity contribution in [3.05, 3.63) is 47.8 Å². The fourth-order valence-electron chi connectivity index (χ4n) is 4.80. The molecule has 1 amide bonds. The molecule has 1 N–H and O–H groups in total. The first-order chi connectivity index (χ1) is 14.5. The molecule has 6 nitrogen and oxygen atoms in total. The minimum atomic E-state index is -0.252. The third kappa shape index (κ3) is 4.86. The van der Waals surface area contributed by atoms with Crippen molar-refractivity contribution >= 4 is 5.91 Å². The Morgan fingerprint density at radius 2 is 2.00 bits per heavy atom. The van der Waals surface area contributed by atoms with Gasteiger partial charge in [0.25, 0.3) is 0 Å². The second-order valence-electron chi connectivity index (χ2n) is 9.08. The number of ether oxygens (including phenoxy) is 1. The van der Waals surface area contributed by atoms with E-state index < -0.39 is 0 Å². The zero-order valence-electron chi connectivity index (χ0n) is 18.3. The summed E-state index contributed by atoms with van der Waals surface area (Å²) in [6.45, 7) is 5.36. The van der Waals surface area contributed by atoms with Gasteiger partial charge in [0.05, 0.1) is 17.7 Å². The van der Waals surface area contributed by atoms with Crippen LogP contribution in [0.3, 0.4) is 0 Å². The highest BCUT2D eigenvalue weighted by molar-refractivity contribution is 5.83. The number of aryl methyl sites for hydroxylation is 2. The lowest BCUT2D eigenvalue weighted by atomic mass is 9.73. The molecule has 0 saturated carbocycles. The maximum Gasteiger partial charge on any atom is 0.226 e. The number of amides is 1. The predicted octanol–water partition coefficient (Wildman–Crippen LogP) is 3.31. The largest absolute Gasteiger partial charge is 0.491 e. The average Bonchev–Trinajstić information content (AvgIpc) is 3.15. The molecule has 0 radical (unpaired) electrons. The fraction of sp³-hybridized carbons (Fsp3) is 0.583. The van der Waals surface area contributed by atoms with Crippen LogP contribution in [-0.2, 0) is 24.8 Å². The summed E-state index contributed by atoms with van der Waals surface area (Å²) < 4.78 is 7.90. The molecule has 0 bridgehead atoms. The zero-order valence-corrected chi connectivity index (χ0v) is 18.3. The molecule has 4 rings (SSSR count). The average molecular weight is 411 g/mol. The van der Waals surface area contributed by atoms with Gasteiger partial charge in [-0.2, -0.15) is 5.10 Å². The molecule has 3 heterocycles. The molecule has 2 aliphatic rings. The van der Waals surface area contributed by atoms with E-state index in [0.717, 1.165) is 63.9 Å². The van der Waals surface area contributed by atoms with Crippen molar-refractivity contribution in [2.45, 2.75) is 58.0 Å². The summed E-state index contributed by atoms with van der Waals surface area (Å²) in [5.74, 6) is 1.17. The van der Waals surface area contributed by atoms with Crippen molar-refractivity contribution in [2.24, 2.45) is 12.5 Å². The van der Waals surface area contributed by atoms with Crippen LogP contribution < -0.4 is 10.1 Å². The van der Waals surface area contributed by atoms with E-state index in [1.807, 2.05) is 37.0 Å². The van der Waals surface area contributed by atoms with Gasteiger partial charge in [-0.25, -0.2) is 0 Å². The molecule has 6 heteroatoms. The van der Waals surface area contributed by atoms with Crippen molar-refractivity contribution in [3.63, 3.8) is 0 Å². The van der Waals surface area contributed by atoms with Crippen molar-refractivity contribution in [3.8, 4) is 5.75 Å². The summed E-state index contributed by atoms with van der Waals surface area (Å²) in [4.78, 5) is 15.8. The minimum Gasteiger partial charge on any atom is -0.491 e. The summed E-state index contributed by atoms with van der Waals surface area (Å²) >= 11 is 0. The van der Waals surface area contributed by atoms with Gasteiger partial charge in [0.2, 0.25) is 5.91 Å². The Morgan fingerprint density at radius 3 is 2.77 bits per heavy atom. The molecular weight excluding hydrogens is 376 g/mol. The van der Waals surface area contributed by atoms with Crippen LogP contribution >= 0.6 is 0 Å². The van der Waals surface area contributed by atoms with Gasteiger partial charge in [0, 0.05) is 25.4 Å². The van der Waals surface area contributed by atoms with Crippen LogP contribution in [0.1, 0.15) is 50.2 Å². The van der Waals surface area contributed by atoms with Crippen LogP contribution in [0.25, 0.3) is 0 Å². The number of hydrogen-bond acceptors (Lipinski definition) is 4. The monoisotopic (exact) mass is 410 g/mol. The molecule has 1 atom stereocenters. The Bertz CT molecular complexity index is 854. The fourth-order valence-corrected chi connectivity index (χ4v) is 4.80. The minimum absolute atomic E-state index is 0.00437. The van der Waals surface area contributed by atoms with Gasteiger partial charge in [0.1, 0.15) is 12.4 Å². The molecule has 1 aromatic heterocycles. The van der Waals surface area contributed by atoms with Crippen LogP contribution in [0.5, 0.6) is 5.75 Å². The number of para-hydroxylation sites is 1. The molecular formula is C24H34N4O2. The van der Waals surface area contributed by atoms with Gasteiger partial charge < -0.3 is 10.1 Å². The van der Waals surface area contributed by atoms with Gasteiger partial charge in [-0.1, -0.05) is 24.6 Å². The second kappa shape index (κ2) is 9.21. The first-order valence-electron chi connectivity index (χ1n) is 11.3. The Hall–Kier alpha value is -2.34. The number of nitrogens with one attached hydrogen (secondary N) is 1. The lowest BCUT2D eigenvalue weighted by Gasteiger charge is -2.41. The molecule has 1 spiro atoms. The van der Waals surface area contributed by atoms with Gasteiger partial charge in [-0.15, -0.1) is 0 Å². The number of nitrogens with zero attached hydrogens (tertiary/aromatic N) is 3. The summed E-state index contributed by atoms with van der Waals surface area (Å²) in [7, 11) is 1.95. The number of piperidine rings is 1. The molecule has 1 fully saturated rings. The topological polar surface area (TPSA) is 59.4 Å². The molecule has 0 aliphatic carbocycles. The number of carbonyl (C=O) groups excluding carboxylic acids is 1. The van der Waals surface area contributed by atoms with E-state index in [4.69, 9.17) is 4.74 Å². The molecule has 1 saturated heterocycles. The third-order valence-electron chi connectivity index (χ3n) is 6.65. The Labute approximate surface area is 179 Å². The molecule has 1 aromatic carbocycles. The summed E-state index contributed by atoms with van der Waals surface area (Å²) in [6.07, 6.45) is 9.99. The van der Waals surface area contributed by atoms with E-state index >= 15 is 0 Å². The van der Waals surface area contributed by atoms with Gasteiger partial charge in [-0.3, -0.25) is 14.4 Å². The number of benzene rings is 1.